The summed E-state index contributed by atoms with van der Waals surface area (Å²) in [5.74, 6) is 1.48. The van der Waals surface area contributed by atoms with Gasteiger partial charge in [-0.05, 0) is 37.3 Å². The number of ether oxygens (including phenoxy) is 2. The van der Waals surface area contributed by atoms with Crippen LogP contribution >= 0.6 is 11.6 Å². The van der Waals surface area contributed by atoms with E-state index >= 15 is 0 Å². The molecule has 0 saturated carbocycles. The third-order valence-electron chi connectivity index (χ3n) is 4.48. The lowest BCUT2D eigenvalue weighted by molar-refractivity contribution is 0.395. The van der Waals surface area contributed by atoms with Crippen LogP contribution in [0.2, 0.25) is 5.02 Å². The van der Waals surface area contributed by atoms with Crippen LogP contribution in [0, 0.1) is 6.92 Å². The van der Waals surface area contributed by atoms with Gasteiger partial charge in [0.1, 0.15) is 11.5 Å². The number of hydrogen-bond donors (Lipinski definition) is 1. The maximum Gasteiger partial charge on any atom is 0.130 e. The van der Waals surface area contributed by atoms with Crippen LogP contribution in [-0.2, 0) is 0 Å². The molecule has 4 rings (SSSR count). The summed E-state index contributed by atoms with van der Waals surface area (Å²) in [5.41, 5.74) is 4.93. The second-order valence-electron chi connectivity index (χ2n) is 5.89. The van der Waals surface area contributed by atoms with E-state index in [0.717, 1.165) is 50.1 Å². The van der Waals surface area contributed by atoms with Crippen LogP contribution < -0.4 is 9.47 Å². The fourth-order valence-electron chi connectivity index (χ4n) is 3.26. The molecule has 5 heteroatoms. The van der Waals surface area contributed by atoms with E-state index in [2.05, 4.69) is 9.97 Å². The first kappa shape index (κ1) is 15.8. The molecule has 25 heavy (non-hydrogen) atoms. The molecule has 0 fully saturated rings. The van der Waals surface area contributed by atoms with Gasteiger partial charge in [0.15, 0.2) is 0 Å². The number of aryl methyl sites for hydroxylation is 1. The van der Waals surface area contributed by atoms with Crippen LogP contribution in [0.25, 0.3) is 32.9 Å². The zero-order chi connectivity index (χ0) is 17.6. The number of hydrogen-bond acceptors (Lipinski definition) is 3. The molecule has 1 N–H and O–H groups in total. The zero-order valence-electron chi connectivity index (χ0n) is 14.2. The van der Waals surface area contributed by atoms with E-state index in [9.17, 15) is 0 Å². The summed E-state index contributed by atoms with van der Waals surface area (Å²) in [6.07, 6.45) is 1.82. The van der Waals surface area contributed by atoms with Crippen molar-refractivity contribution < 1.29 is 9.47 Å². The van der Waals surface area contributed by atoms with Crippen LogP contribution in [0.3, 0.4) is 0 Å². The number of fused-ring (bicyclic) bond motifs is 3. The van der Waals surface area contributed by atoms with E-state index in [1.165, 1.54) is 0 Å². The third-order valence-corrected chi connectivity index (χ3v) is 4.70. The van der Waals surface area contributed by atoms with Crippen molar-refractivity contribution in [3.8, 4) is 22.6 Å². The molecule has 0 amide bonds. The number of aromatic nitrogens is 2. The van der Waals surface area contributed by atoms with Crippen molar-refractivity contribution in [1.29, 1.82) is 0 Å². The minimum Gasteiger partial charge on any atom is -0.497 e. The van der Waals surface area contributed by atoms with Crippen LogP contribution in [0.1, 0.15) is 5.69 Å². The van der Waals surface area contributed by atoms with Crippen LogP contribution in [0.15, 0.2) is 42.6 Å². The van der Waals surface area contributed by atoms with E-state index in [1.54, 1.807) is 14.2 Å². The Bertz CT molecular complexity index is 1100. The van der Waals surface area contributed by atoms with Crippen molar-refractivity contribution in [3.05, 3.63) is 53.3 Å². The lowest BCUT2D eigenvalue weighted by atomic mass is 10.0. The Hall–Kier alpha value is -2.72. The summed E-state index contributed by atoms with van der Waals surface area (Å²) in [4.78, 5) is 7.89. The average molecular weight is 353 g/mol. The first-order valence-electron chi connectivity index (χ1n) is 7.91. The van der Waals surface area contributed by atoms with Crippen LogP contribution in [0.5, 0.6) is 11.5 Å². The van der Waals surface area contributed by atoms with Gasteiger partial charge in [0.2, 0.25) is 0 Å². The van der Waals surface area contributed by atoms with Gasteiger partial charge in [-0.3, -0.25) is 4.98 Å². The number of nitrogens with one attached hydrogen (secondary N) is 1. The summed E-state index contributed by atoms with van der Waals surface area (Å²) in [6, 6.07) is 11.7. The largest absolute Gasteiger partial charge is 0.497 e. The van der Waals surface area contributed by atoms with Gasteiger partial charge in [-0.15, -0.1) is 0 Å². The molecule has 2 heterocycles. The number of halogens is 1. The van der Waals surface area contributed by atoms with Crippen molar-refractivity contribution in [2.24, 2.45) is 0 Å². The van der Waals surface area contributed by atoms with Gasteiger partial charge in [0, 0.05) is 39.2 Å². The van der Waals surface area contributed by atoms with Crippen molar-refractivity contribution in [2.45, 2.75) is 6.92 Å². The standard InChI is InChI=1S/C20H17ClN2O2/c1-11-19-15(6-7-22-11)17-9-12(21)8-16(20(17)23-19)14-5-4-13(24-2)10-18(14)25-3/h4-10,23H,1-3H3. The highest BCUT2D eigenvalue weighted by molar-refractivity contribution is 6.32. The average Bonchev–Trinajstić information content (AvgIpc) is 3.00. The van der Waals surface area contributed by atoms with E-state index in [4.69, 9.17) is 21.1 Å². The molecule has 0 spiro atoms. The highest BCUT2D eigenvalue weighted by atomic mass is 35.5. The molecule has 4 nitrogen and oxygen atoms in total. The highest BCUT2D eigenvalue weighted by Crippen LogP contribution is 2.40. The van der Waals surface area contributed by atoms with E-state index in [0.29, 0.717) is 5.02 Å². The topological polar surface area (TPSA) is 47.1 Å². The molecular weight excluding hydrogens is 336 g/mol. The normalized spacial score (nSPS) is 11.2. The molecule has 0 aliphatic rings. The number of benzene rings is 2. The molecule has 0 saturated heterocycles. The van der Waals surface area contributed by atoms with E-state index < -0.39 is 0 Å². The molecule has 0 aliphatic heterocycles. The van der Waals surface area contributed by atoms with Gasteiger partial charge in [-0.1, -0.05) is 11.6 Å². The number of aromatic amines is 1. The van der Waals surface area contributed by atoms with Gasteiger partial charge < -0.3 is 14.5 Å². The first-order valence-corrected chi connectivity index (χ1v) is 8.29. The van der Waals surface area contributed by atoms with Gasteiger partial charge >= 0.3 is 0 Å². The number of rotatable bonds is 3. The lowest BCUT2D eigenvalue weighted by Crippen LogP contribution is -1.91. The Balaban J connectivity index is 2.09. The Morgan fingerprint density at radius 3 is 2.52 bits per heavy atom. The summed E-state index contributed by atoms with van der Waals surface area (Å²) in [5, 5.41) is 2.86. The highest BCUT2D eigenvalue weighted by Gasteiger charge is 2.16. The molecule has 2 aromatic carbocycles. The van der Waals surface area contributed by atoms with Crippen LogP contribution in [0.4, 0.5) is 0 Å². The molecule has 4 aromatic rings. The molecule has 0 radical (unpaired) electrons. The second kappa shape index (κ2) is 5.97. The molecule has 0 bridgehead atoms. The maximum absolute atomic E-state index is 6.43. The van der Waals surface area contributed by atoms with Crippen molar-refractivity contribution in [3.63, 3.8) is 0 Å². The quantitative estimate of drug-likeness (QED) is 0.539. The van der Waals surface area contributed by atoms with Gasteiger partial charge in [0.05, 0.1) is 30.9 Å². The van der Waals surface area contributed by atoms with E-state index in [-0.39, 0.29) is 0 Å². The first-order chi connectivity index (χ1) is 12.1. The fraction of sp³-hybridized carbons (Fsp3) is 0.150. The monoisotopic (exact) mass is 352 g/mol. The minimum absolute atomic E-state index is 0.677. The Kier molecular flexibility index (Phi) is 3.77. The number of nitrogens with zero attached hydrogens (tertiary/aromatic N) is 1. The predicted molar refractivity (Wildman–Crippen MR) is 102 cm³/mol. The molecule has 0 aliphatic carbocycles. The number of pyridine rings is 1. The summed E-state index contributed by atoms with van der Waals surface area (Å²) in [6.45, 7) is 1.99. The summed E-state index contributed by atoms with van der Waals surface area (Å²) < 4.78 is 10.9. The number of H-pyrrole nitrogens is 1. The maximum atomic E-state index is 6.43. The summed E-state index contributed by atoms with van der Waals surface area (Å²) in [7, 11) is 3.29. The zero-order valence-corrected chi connectivity index (χ0v) is 14.9. The van der Waals surface area contributed by atoms with Crippen molar-refractivity contribution in [2.75, 3.05) is 14.2 Å². The Morgan fingerprint density at radius 1 is 0.920 bits per heavy atom. The van der Waals surface area contributed by atoms with Gasteiger partial charge in [-0.25, -0.2) is 0 Å². The van der Waals surface area contributed by atoms with Crippen molar-refractivity contribution >= 4 is 33.4 Å². The Morgan fingerprint density at radius 2 is 1.76 bits per heavy atom. The molecular formula is C20H17ClN2O2. The molecule has 2 aromatic heterocycles. The number of methoxy groups -OCH3 is 2. The lowest BCUT2D eigenvalue weighted by Gasteiger charge is -2.12. The van der Waals surface area contributed by atoms with E-state index in [1.807, 2.05) is 49.5 Å². The third kappa shape index (κ3) is 2.50. The summed E-state index contributed by atoms with van der Waals surface area (Å²) >= 11 is 6.43. The van der Waals surface area contributed by atoms with Gasteiger partial charge in [0.25, 0.3) is 0 Å². The smallest absolute Gasteiger partial charge is 0.130 e. The van der Waals surface area contributed by atoms with Gasteiger partial charge in [-0.2, -0.15) is 0 Å². The fourth-order valence-corrected chi connectivity index (χ4v) is 3.48. The molecule has 0 atom stereocenters. The second-order valence-corrected chi connectivity index (χ2v) is 6.32. The minimum atomic E-state index is 0.677. The molecule has 0 unspecified atom stereocenters. The Labute approximate surface area is 150 Å². The molecule has 126 valence electrons. The van der Waals surface area contributed by atoms with Crippen molar-refractivity contribution in [1.82, 2.24) is 9.97 Å². The SMILES string of the molecule is COc1ccc(-c2cc(Cl)cc3c2[nH]c2c(C)nccc23)c(OC)c1. The van der Waals surface area contributed by atoms with Crippen LogP contribution in [-0.4, -0.2) is 24.2 Å². The predicted octanol–water partition coefficient (Wildman–Crippen LogP) is 5.36.